The maximum absolute atomic E-state index is 12.8. The second-order valence-electron chi connectivity index (χ2n) is 7.64. The van der Waals surface area contributed by atoms with Crippen LogP contribution in [-0.4, -0.2) is 40.3 Å². The van der Waals surface area contributed by atoms with Gasteiger partial charge >= 0.3 is 11.9 Å². The molecule has 174 valence electrons. The van der Waals surface area contributed by atoms with Crippen LogP contribution in [0.15, 0.2) is 35.0 Å². The lowest BCUT2D eigenvalue weighted by Gasteiger charge is -2.14. The third-order valence-corrected chi connectivity index (χ3v) is 6.49. The van der Waals surface area contributed by atoms with Crippen LogP contribution in [-0.2, 0) is 33.7 Å². The quantitative estimate of drug-likeness (QED) is 0.497. The van der Waals surface area contributed by atoms with Gasteiger partial charge in [0.15, 0.2) is 6.10 Å². The van der Waals surface area contributed by atoms with Gasteiger partial charge in [0, 0.05) is 17.3 Å². The number of nitrogens with one attached hydrogen (secondary N) is 1. The number of furan rings is 1. The first kappa shape index (κ1) is 22.8. The largest absolute Gasteiger partial charge is 0.462 e. The van der Waals surface area contributed by atoms with Gasteiger partial charge in [-0.15, -0.1) is 11.3 Å². The maximum Gasteiger partial charge on any atom is 0.375 e. The van der Waals surface area contributed by atoms with Crippen LogP contribution < -0.4 is 5.32 Å². The first-order valence-corrected chi connectivity index (χ1v) is 11.7. The number of carbonyl (C=O) groups excluding carboxylic acids is 3. The fraction of sp³-hybridized carbons (Fsp3) is 0.391. The number of fused-ring (bicyclic) bond motifs is 1. The fourth-order valence-corrected chi connectivity index (χ4v) is 4.97. The number of aryl methyl sites for hydroxylation is 1. The van der Waals surface area contributed by atoms with Crippen molar-refractivity contribution in [1.29, 1.82) is 0 Å². The third-order valence-electron chi connectivity index (χ3n) is 5.28. The van der Waals surface area contributed by atoms with Crippen LogP contribution in [0, 0.1) is 0 Å². The lowest BCUT2D eigenvalue weighted by molar-refractivity contribution is -0.123. The van der Waals surface area contributed by atoms with E-state index in [1.165, 1.54) is 24.3 Å². The average Bonchev–Trinajstić information content (AvgIpc) is 3.54. The van der Waals surface area contributed by atoms with E-state index in [0.29, 0.717) is 22.9 Å². The van der Waals surface area contributed by atoms with Crippen molar-refractivity contribution >= 4 is 34.2 Å². The lowest BCUT2D eigenvalue weighted by Crippen LogP contribution is -2.30. The molecular weight excluding hydrogens is 446 g/mol. The normalized spacial score (nSPS) is 13.8. The zero-order valence-electron chi connectivity index (χ0n) is 18.5. The number of esters is 2. The zero-order valence-corrected chi connectivity index (χ0v) is 19.3. The Bertz CT molecular complexity index is 1150. The van der Waals surface area contributed by atoms with E-state index in [1.54, 1.807) is 36.1 Å². The summed E-state index contributed by atoms with van der Waals surface area (Å²) in [5, 5.41) is 7.28. The maximum atomic E-state index is 12.8. The van der Waals surface area contributed by atoms with Gasteiger partial charge in [-0.1, -0.05) is 0 Å². The molecule has 10 heteroatoms. The Morgan fingerprint density at radius 2 is 2.06 bits per heavy atom. The molecule has 0 fully saturated rings. The Hall–Kier alpha value is -3.40. The van der Waals surface area contributed by atoms with Crippen LogP contribution in [0.3, 0.4) is 0 Å². The zero-order chi connectivity index (χ0) is 23.4. The number of nitrogens with zero attached hydrogens (tertiary/aromatic N) is 2. The number of hydrogen-bond donors (Lipinski definition) is 1. The predicted molar refractivity (Wildman–Crippen MR) is 120 cm³/mol. The minimum Gasteiger partial charge on any atom is -0.462 e. The molecule has 1 aliphatic carbocycles. The molecule has 0 saturated heterocycles. The summed E-state index contributed by atoms with van der Waals surface area (Å²) in [5.41, 5.74) is 1.36. The Kier molecular flexibility index (Phi) is 6.93. The van der Waals surface area contributed by atoms with Crippen LogP contribution in [0.1, 0.15) is 63.8 Å². The minimum atomic E-state index is -1.09. The molecule has 0 aromatic carbocycles. The summed E-state index contributed by atoms with van der Waals surface area (Å²) in [7, 11) is 0. The van der Waals surface area contributed by atoms with Crippen LogP contribution >= 0.6 is 11.3 Å². The lowest BCUT2D eigenvalue weighted by atomic mass is 9.95. The third kappa shape index (κ3) is 5.16. The molecule has 1 unspecified atom stereocenters. The van der Waals surface area contributed by atoms with E-state index < -0.39 is 23.9 Å². The molecule has 9 nitrogen and oxygen atoms in total. The molecule has 0 bridgehead atoms. The van der Waals surface area contributed by atoms with Gasteiger partial charge in [-0.25, -0.2) is 9.59 Å². The number of hydrogen-bond acceptors (Lipinski definition) is 8. The number of anilines is 1. The number of aromatic nitrogens is 2. The molecule has 1 N–H and O–H groups in total. The Morgan fingerprint density at radius 1 is 1.24 bits per heavy atom. The molecular formula is C23H25N3O6S. The fourth-order valence-electron chi connectivity index (χ4n) is 3.69. The summed E-state index contributed by atoms with van der Waals surface area (Å²) in [4.78, 5) is 38.9. The second kappa shape index (κ2) is 10.0. The van der Waals surface area contributed by atoms with Crippen molar-refractivity contribution in [1.82, 2.24) is 9.78 Å². The monoisotopic (exact) mass is 471 g/mol. The van der Waals surface area contributed by atoms with Crippen molar-refractivity contribution in [2.45, 2.75) is 52.2 Å². The van der Waals surface area contributed by atoms with Crippen molar-refractivity contribution in [2.75, 3.05) is 11.9 Å². The first-order chi connectivity index (χ1) is 16.0. The molecule has 4 rings (SSSR count). The molecule has 1 atom stereocenters. The molecule has 33 heavy (non-hydrogen) atoms. The van der Waals surface area contributed by atoms with Gasteiger partial charge in [0.1, 0.15) is 10.8 Å². The first-order valence-electron chi connectivity index (χ1n) is 10.9. The topological polar surface area (TPSA) is 113 Å². The highest BCUT2D eigenvalue weighted by molar-refractivity contribution is 7.17. The van der Waals surface area contributed by atoms with Crippen LogP contribution in [0.25, 0.3) is 0 Å². The minimum absolute atomic E-state index is 0.00407. The van der Waals surface area contributed by atoms with Gasteiger partial charge in [0.2, 0.25) is 5.76 Å². The Labute approximate surface area is 194 Å². The van der Waals surface area contributed by atoms with E-state index in [4.69, 9.17) is 13.9 Å². The van der Waals surface area contributed by atoms with E-state index in [2.05, 4.69) is 10.4 Å². The van der Waals surface area contributed by atoms with E-state index in [0.717, 1.165) is 36.1 Å². The standard InChI is InChI=1S/C23H25N3O6S/c1-3-30-23(29)19-16-7-4-5-8-18(16)33-21(19)25-20(27)14(2)31-22(28)17-10-9-15(32-17)13-26-12-6-11-24-26/h6,9-12,14H,3-5,7-8,13H2,1-2H3,(H,25,27). The molecule has 1 aliphatic rings. The van der Waals surface area contributed by atoms with Crippen LogP contribution in [0.4, 0.5) is 5.00 Å². The molecule has 0 spiro atoms. The van der Waals surface area contributed by atoms with Gasteiger partial charge < -0.3 is 19.2 Å². The molecule has 1 amide bonds. The van der Waals surface area contributed by atoms with Gasteiger partial charge in [-0.05, 0) is 63.3 Å². The van der Waals surface area contributed by atoms with E-state index in [1.807, 2.05) is 0 Å². The highest BCUT2D eigenvalue weighted by Gasteiger charge is 2.29. The van der Waals surface area contributed by atoms with Crippen molar-refractivity contribution in [3.8, 4) is 0 Å². The number of amides is 1. The van der Waals surface area contributed by atoms with Gasteiger partial charge in [0.05, 0.1) is 18.7 Å². The van der Waals surface area contributed by atoms with Crippen molar-refractivity contribution in [3.63, 3.8) is 0 Å². The summed E-state index contributed by atoms with van der Waals surface area (Å²) >= 11 is 1.38. The Balaban J connectivity index is 1.42. The summed E-state index contributed by atoms with van der Waals surface area (Å²) in [5.74, 6) is -1.20. The van der Waals surface area contributed by atoms with E-state index in [-0.39, 0.29) is 12.4 Å². The smallest absolute Gasteiger partial charge is 0.375 e. The average molecular weight is 472 g/mol. The molecule has 3 heterocycles. The highest BCUT2D eigenvalue weighted by atomic mass is 32.1. The van der Waals surface area contributed by atoms with Gasteiger partial charge in [-0.2, -0.15) is 5.10 Å². The SMILES string of the molecule is CCOC(=O)c1c(NC(=O)C(C)OC(=O)c2ccc(Cn3cccn3)o2)sc2c1CCCC2. The second-order valence-corrected chi connectivity index (χ2v) is 8.75. The molecule has 0 aliphatic heterocycles. The summed E-state index contributed by atoms with van der Waals surface area (Å²) in [6, 6.07) is 4.94. The van der Waals surface area contributed by atoms with Crippen molar-refractivity contribution < 1.29 is 28.3 Å². The molecule has 0 radical (unpaired) electrons. The molecule has 0 saturated carbocycles. The van der Waals surface area contributed by atoms with Crippen molar-refractivity contribution in [2.24, 2.45) is 0 Å². The van der Waals surface area contributed by atoms with Crippen LogP contribution in [0.5, 0.6) is 0 Å². The number of carbonyl (C=O) groups is 3. The van der Waals surface area contributed by atoms with Crippen molar-refractivity contribution in [3.05, 3.63) is 58.1 Å². The number of rotatable bonds is 8. The number of thiophene rings is 1. The molecule has 3 aromatic rings. The molecule has 3 aromatic heterocycles. The van der Waals surface area contributed by atoms with Gasteiger partial charge in [0.25, 0.3) is 5.91 Å². The Morgan fingerprint density at radius 3 is 2.82 bits per heavy atom. The summed E-state index contributed by atoms with van der Waals surface area (Å²) in [6.07, 6.45) is 6.01. The predicted octanol–water partition coefficient (Wildman–Crippen LogP) is 3.83. The summed E-state index contributed by atoms with van der Waals surface area (Å²) in [6.45, 7) is 3.83. The van der Waals surface area contributed by atoms with Crippen LogP contribution in [0.2, 0.25) is 0 Å². The van der Waals surface area contributed by atoms with E-state index in [9.17, 15) is 14.4 Å². The van der Waals surface area contributed by atoms with E-state index >= 15 is 0 Å². The summed E-state index contributed by atoms with van der Waals surface area (Å²) < 4.78 is 17.7. The van der Waals surface area contributed by atoms with Gasteiger partial charge in [-0.3, -0.25) is 9.48 Å². The number of ether oxygens (including phenoxy) is 2. The highest BCUT2D eigenvalue weighted by Crippen LogP contribution is 2.38.